The molecule has 2 unspecified atom stereocenters. The van der Waals surface area contributed by atoms with Crippen LogP contribution >= 0.6 is 15.9 Å². The Morgan fingerprint density at radius 1 is 1.33 bits per heavy atom. The second-order valence-electron chi connectivity index (χ2n) is 4.30. The van der Waals surface area contributed by atoms with Crippen molar-refractivity contribution in [2.75, 3.05) is 6.61 Å². The van der Waals surface area contributed by atoms with Crippen LogP contribution in [-0.2, 0) is 4.74 Å². The van der Waals surface area contributed by atoms with E-state index in [2.05, 4.69) is 25.4 Å². The quantitative estimate of drug-likeness (QED) is 0.782. The molecule has 1 aromatic rings. The third kappa shape index (κ3) is 1.97. The molecule has 0 N–H and O–H groups in total. The molecular formula is C12H10BrF2O3. The number of benzene rings is 1. The molecule has 1 radical (unpaired) electrons. The highest BCUT2D eigenvalue weighted by Gasteiger charge is 2.44. The molecule has 0 bridgehead atoms. The van der Waals surface area contributed by atoms with E-state index in [1.54, 1.807) is 12.1 Å². The molecule has 97 valence electrons. The Hall–Kier alpha value is -0.880. The highest BCUT2D eigenvalue weighted by molar-refractivity contribution is 9.09. The van der Waals surface area contributed by atoms with Crippen molar-refractivity contribution in [2.45, 2.75) is 24.1 Å². The van der Waals surface area contributed by atoms with Gasteiger partial charge in [0.05, 0.1) is 6.61 Å². The van der Waals surface area contributed by atoms with E-state index in [0.717, 1.165) is 5.56 Å². The lowest BCUT2D eigenvalue weighted by Crippen LogP contribution is -2.36. The van der Waals surface area contributed by atoms with Crippen LogP contribution < -0.4 is 9.47 Å². The monoisotopic (exact) mass is 319 g/mol. The zero-order valence-electron chi connectivity index (χ0n) is 9.45. The van der Waals surface area contributed by atoms with Crippen LogP contribution in [0.1, 0.15) is 18.4 Å². The highest BCUT2D eigenvalue weighted by atomic mass is 79.9. The molecule has 0 aliphatic carbocycles. The minimum Gasteiger partial charge on any atom is -0.395 e. The molecule has 6 heteroatoms. The number of halogens is 3. The number of ether oxygens (including phenoxy) is 3. The Morgan fingerprint density at radius 3 is 2.67 bits per heavy atom. The first kappa shape index (κ1) is 12.2. The molecule has 1 aromatic carbocycles. The van der Waals surface area contributed by atoms with Crippen LogP contribution in [0, 0.1) is 5.92 Å². The fraction of sp³-hybridized carbons (Fsp3) is 0.417. The van der Waals surface area contributed by atoms with Crippen molar-refractivity contribution in [2.24, 2.45) is 0 Å². The van der Waals surface area contributed by atoms with Crippen molar-refractivity contribution in [1.82, 2.24) is 0 Å². The van der Waals surface area contributed by atoms with Crippen molar-refractivity contribution in [3.8, 4) is 11.5 Å². The van der Waals surface area contributed by atoms with E-state index in [0.29, 0.717) is 6.61 Å². The molecular weight excluding hydrogens is 310 g/mol. The number of rotatable bonds is 2. The van der Waals surface area contributed by atoms with Crippen LogP contribution in [0.4, 0.5) is 8.78 Å². The molecule has 2 aliphatic rings. The zero-order chi connectivity index (χ0) is 12.9. The average Bonchev–Trinajstić information content (AvgIpc) is 2.59. The third-order valence-corrected chi connectivity index (χ3v) is 4.02. The largest absolute Gasteiger partial charge is 0.586 e. The summed E-state index contributed by atoms with van der Waals surface area (Å²) in [5.41, 5.74) is 0.901. The van der Waals surface area contributed by atoms with Gasteiger partial charge in [-0.05, 0) is 23.6 Å². The average molecular weight is 320 g/mol. The van der Waals surface area contributed by atoms with Crippen LogP contribution in [0.5, 0.6) is 11.5 Å². The fourth-order valence-electron chi connectivity index (χ4n) is 2.01. The smallest absolute Gasteiger partial charge is 0.395 e. The number of alkyl halides is 3. The molecule has 0 amide bonds. The molecule has 3 rings (SSSR count). The van der Waals surface area contributed by atoms with Crippen molar-refractivity contribution < 1.29 is 23.0 Å². The summed E-state index contributed by atoms with van der Waals surface area (Å²) in [7, 11) is 0. The first-order chi connectivity index (χ1) is 8.46. The van der Waals surface area contributed by atoms with E-state index >= 15 is 0 Å². The number of fused-ring (bicyclic) bond motifs is 1. The molecule has 1 fully saturated rings. The van der Waals surface area contributed by atoms with Gasteiger partial charge in [0.25, 0.3) is 0 Å². The Morgan fingerprint density at radius 2 is 2.06 bits per heavy atom. The summed E-state index contributed by atoms with van der Waals surface area (Å²) >= 11 is 3.37. The summed E-state index contributed by atoms with van der Waals surface area (Å²) in [5, 5.41) is -0.0561. The van der Waals surface area contributed by atoms with Crippen LogP contribution in [0.15, 0.2) is 18.2 Å². The Kier molecular flexibility index (Phi) is 2.75. The zero-order valence-corrected chi connectivity index (χ0v) is 11.0. The van der Waals surface area contributed by atoms with Gasteiger partial charge in [-0.25, -0.2) is 0 Å². The predicted molar refractivity (Wildman–Crippen MR) is 63.0 cm³/mol. The van der Waals surface area contributed by atoms with Gasteiger partial charge in [0.1, 0.15) is 5.01 Å². The molecule has 2 heterocycles. The molecule has 2 atom stereocenters. The Bertz CT molecular complexity index is 480. The topological polar surface area (TPSA) is 27.7 Å². The Balaban J connectivity index is 1.83. The lowest BCUT2D eigenvalue weighted by molar-refractivity contribution is -0.286. The van der Waals surface area contributed by atoms with Gasteiger partial charge in [-0.15, -0.1) is 8.78 Å². The first-order valence-electron chi connectivity index (χ1n) is 5.47. The highest BCUT2D eigenvalue weighted by Crippen LogP contribution is 2.45. The van der Waals surface area contributed by atoms with E-state index < -0.39 is 6.29 Å². The van der Waals surface area contributed by atoms with Gasteiger partial charge in [-0.2, -0.15) is 0 Å². The molecule has 2 aliphatic heterocycles. The Labute approximate surface area is 111 Å². The molecule has 3 nitrogen and oxygen atoms in total. The summed E-state index contributed by atoms with van der Waals surface area (Å²) in [6, 6.07) is 4.86. The predicted octanol–water partition coefficient (Wildman–Crippen LogP) is 3.44. The number of hydrogen-bond donors (Lipinski definition) is 0. The van der Waals surface area contributed by atoms with E-state index in [4.69, 9.17) is 4.74 Å². The summed E-state index contributed by atoms with van der Waals surface area (Å²) in [4.78, 5) is 0. The van der Waals surface area contributed by atoms with Gasteiger partial charge < -0.3 is 14.2 Å². The van der Waals surface area contributed by atoms with Gasteiger partial charge >= 0.3 is 6.29 Å². The molecule has 1 saturated heterocycles. The maximum absolute atomic E-state index is 12.9. The second kappa shape index (κ2) is 4.06. The first-order valence-corrected chi connectivity index (χ1v) is 6.39. The van der Waals surface area contributed by atoms with Gasteiger partial charge in [0.15, 0.2) is 11.5 Å². The van der Waals surface area contributed by atoms with Crippen molar-refractivity contribution in [3.63, 3.8) is 0 Å². The van der Waals surface area contributed by atoms with E-state index in [-0.39, 0.29) is 22.4 Å². The van der Waals surface area contributed by atoms with Crippen LogP contribution in [0.25, 0.3) is 0 Å². The van der Waals surface area contributed by atoms with Crippen molar-refractivity contribution >= 4 is 15.9 Å². The summed E-state index contributed by atoms with van der Waals surface area (Å²) in [6.07, 6.45) is -3.56. The van der Waals surface area contributed by atoms with Crippen LogP contribution in [0.3, 0.4) is 0 Å². The summed E-state index contributed by atoms with van der Waals surface area (Å²) in [5.74, 6) is 1.45. The maximum Gasteiger partial charge on any atom is 0.586 e. The summed E-state index contributed by atoms with van der Waals surface area (Å²) < 4.78 is 39.8. The minimum absolute atomic E-state index is 0.0561. The lowest BCUT2D eigenvalue weighted by Gasteiger charge is -2.36. The van der Waals surface area contributed by atoms with Crippen LogP contribution in [-0.4, -0.2) is 17.9 Å². The minimum atomic E-state index is -3.56. The normalized spacial score (nSPS) is 26.8. The van der Waals surface area contributed by atoms with E-state index in [9.17, 15) is 8.78 Å². The van der Waals surface area contributed by atoms with Gasteiger partial charge in [-0.1, -0.05) is 28.9 Å². The fourth-order valence-corrected chi connectivity index (χ4v) is 2.67. The van der Waals surface area contributed by atoms with Crippen molar-refractivity contribution in [1.29, 1.82) is 0 Å². The van der Waals surface area contributed by atoms with E-state index in [1.165, 1.54) is 12.0 Å². The SMILES string of the molecule is CC([C]1COC1Br)c1ccc2c(c1)OC(F)(F)O2. The second-order valence-corrected chi connectivity index (χ2v) is 5.13. The standard InChI is InChI=1S/C12H10BrF2O3/c1-6(8-5-16-11(8)13)7-2-3-9-10(4-7)18-12(14,15)17-9/h2-4,6,11H,5H2,1H3. The third-order valence-electron chi connectivity index (χ3n) is 3.17. The maximum atomic E-state index is 12.9. The van der Waals surface area contributed by atoms with Gasteiger partial charge in [-0.3, -0.25) is 0 Å². The molecule has 18 heavy (non-hydrogen) atoms. The van der Waals surface area contributed by atoms with Gasteiger partial charge in [0, 0.05) is 5.92 Å². The van der Waals surface area contributed by atoms with E-state index in [1.807, 2.05) is 6.92 Å². The van der Waals surface area contributed by atoms with Gasteiger partial charge in [0.2, 0.25) is 0 Å². The molecule has 0 saturated carbocycles. The molecule has 0 spiro atoms. The van der Waals surface area contributed by atoms with Crippen molar-refractivity contribution in [3.05, 3.63) is 29.7 Å². The van der Waals surface area contributed by atoms with Crippen LogP contribution in [0.2, 0.25) is 0 Å². The lowest BCUT2D eigenvalue weighted by atomic mass is 9.86. The summed E-state index contributed by atoms with van der Waals surface area (Å²) in [6.45, 7) is 2.59. The molecule has 0 aromatic heterocycles. The number of hydrogen-bond acceptors (Lipinski definition) is 3.